The predicted molar refractivity (Wildman–Crippen MR) is 90.4 cm³/mol. The molecule has 2 aromatic rings. The second-order valence-corrected chi connectivity index (χ2v) is 7.98. The van der Waals surface area contributed by atoms with Crippen molar-refractivity contribution >= 4 is 16.0 Å². The topological polar surface area (TPSA) is 84.2 Å². The fraction of sp³-hybridized carbons (Fsp3) is 0.533. The van der Waals surface area contributed by atoms with Gasteiger partial charge in [0, 0.05) is 44.6 Å². The highest BCUT2D eigenvalue weighted by atomic mass is 32.2. The third-order valence-electron chi connectivity index (χ3n) is 4.18. The van der Waals surface area contributed by atoms with Crippen LogP contribution in [0.3, 0.4) is 0 Å². The molecule has 0 N–H and O–H groups in total. The zero-order chi connectivity index (χ0) is 17.3. The van der Waals surface area contributed by atoms with Crippen molar-refractivity contribution in [1.29, 1.82) is 0 Å². The second-order valence-electron chi connectivity index (χ2n) is 6.07. The summed E-state index contributed by atoms with van der Waals surface area (Å²) in [6.07, 6.45) is 4.83. The zero-order valence-corrected chi connectivity index (χ0v) is 14.9. The first-order valence-electron chi connectivity index (χ1n) is 7.97. The maximum absolute atomic E-state index is 12.9. The van der Waals surface area contributed by atoms with E-state index in [2.05, 4.69) is 15.1 Å². The van der Waals surface area contributed by atoms with Crippen LogP contribution < -0.4 is 4.90 Å². The normalized spacial score (nSPS) is 16.8. The molecule has 9 heteroatoms. The first-order valence-corrected chi connectivity index (χ1v) is 9.41. The van der Waals surface area contributed by atoms with Gasteiger partial charge < -0.3 is 4.90 Å². The quantitative estimate of drug-likeness (QED) is 0.820. The SMILES string of the molecule is Cc1c(S(=O)(=O)N2CCN(c3ncccn3)CC2)cnn1C(C)C. The van der Waals surface area contributed by atoms with Gasteiger partial charge in [0.05, 0.1) is 11.9 Å². The summed E-state index contributed by atoms with van der Waals surface area (Å²) in [5.74, 6) is 0.637. The smallest absolute Gasteiger partial charge is 0.246 e. The molecule has 0 saturated carbocycles. The van der Waals surface area contributed by atoms with Gasteiger partial charge in [0.15, 0.2) is 0 Å². The largest absolute Gasteiger partial charge is 0.338 e. The lowest BCUT2D eigenvalue weighted by molar-refractivity contribution is 0.382. The van der Waals surface area contributed by atoms with Crippen molar-refractivity contribution in [3.8, 4) is 0 Å². The highest BCUT2D eigenvalue weighted by Gasteiger charge is 2.32. The van der Waals surface area contributed by atoms with Crippen LogP contribution in [0.2, 0.25) is 0 Å². The molecule has 1 fully saturated rings. The molecule has 8 nitrogen and oxygen atoms in total. The van der Waals surface area contributed by atoms with Crippen LogP contribution in [0, 0.1) is 6.92 Å². The lowest BCUT2D eigenvalue weighted by Gasteiger charge is -2.33. The summed E-state index contributed by atoms with van der Waals surface area (Å²) < 4.78 is 29.1. The molecule has 0 bridgehead atoms. The van der Waals surface area contributed by atoms with E-state index in [-0.39, 0.29) is 6.04 Å². The van der Waals surface area contributed by atoms with Crippen molar-refractivity contribution in [1.82, 2.24) is 24.1 Å². The van der Waals surface area contributed by atoms with E-state index in [1.807, 2.05) is 18.7 Å². The maximum Gasteiger partial charge on any atom is 0.246 e. The van der Waals surface area contributed by atoms with E-state index in [0.717, 1.165) is 0 Å². The Morgan fingerprint density at radius 1 is 1.08 bits per heavy atom. The van der Waals surface area contributed by atoms with Crippen LogP contribution >= 0.6 is 0 Å². The van der Waals surface area contributed by atoms with E-state index in [0.29, 0.717) is 42.7 Å². The molecule has 24 heavy (non-hydrogen) atoms. The fourth-order valence-corrected chi connectivity index (χ4v) is 4.47. The first kappa shape index (κ1) is 16.8. The molecule has 1 aliphatic heterocycles. The van der Waals surface area contributed by atoms with Gasteiger partial charge in [0.2, 0.25) is 16.0 Å². The van der Waals surface area contributed by atoms with E-state index in [1.54, 1.807) is 30.1 Å². The Kier molecular flexibility index (Phi) is 4.55. The van der Waals surface area contributed by atoms with E-state index in [4.69, 9.17) is 0 Å². The molecule has 1 aliphatic rings. The molecule has 0 aromatic carbocycles. The summed E-state index contributed by atoms with van der Waals surface area (Å²) in [6, 6.07) is 1.89. The third kappa shape index (κ3) is 3.01. The molecule has 0 radical (unpaired) electrons. The highest BCUT2D eigenvalue weighted by Crippen LogP contribution is 2.23. The summed E-state index contributed by atoms with van der Waals surface area (Å²) in [6.45, 7) is 7.72. The molecule has 0 spiro atoms. The zero-order valence-electron chi connectivity index (χ0n) is 14.1. The van der Waals surface area contributed by atoms with Crippen molar-refractivity contribution in [2.45, 2.75) is 31.7 Å². The molecule has 0 atom stereocenters. The van der Waals surface area contributed by atoms with E-state index < -0.39 is 10.0 Å². The van der Waals surface area contributed by atoms with Crippen molar-refractivity contribution in [3.05, 3.63) is 30.4 Å². The highest BCUT2D eigenvalue weighted by molar-refractivity contribution is 7.89. The molecule has 2 aromatic heterocycles. The molecular formula is C15H22N6O2S. The molecule has 0 amide bonds. The number of rotatable bonds is 4. The molecule has 0 unspecified atom stereocenters. The maximum atomic E-state index is 12.9. The van der Waals surface area contributed by atoms with E-state index in [1.165, 1.54) is 10.5 Å². The van der Waals surface area contributed by atoms with Gasteiger partial charge in [-0.1, -0.05) is 0 Å². The minimum Gasteiger partial charge on any atom is -0.338 e. The van der Waals surface area contributed by atoms with Gasteiger partial charge in [-0.3, -0.25) is 4.68 Å². The molecule has 130 valence electrons. The Hall–Kier alpha value is -2.00. The van der Waals surface area contributed by atoms with Gasteiger partial charge in [-0.05, 0) is 26.8 Å². The summed E-state index contributed by atoms with van der Waals surface area (Å²) in [7, 11) is -3.53. The number of anilines is 1. The summed E-state index contributed by atoms with van der Waals surface area (Å²) in [5, 5.41) is 4.22. The average molecular weight is 350 g/mol. The molecule has 3 heterocycles. The predicted octanol–water partition coefficient (Wildman–Crippen LogP) is 1.07. The van der Waals surface area contributed by atoms with Gasteiger partial charge in [0.1, 0.15) is 4.90 Å². The molecular weight excluding hydrogens is 328 g/mol. The average Bonchev–Trinajstić information content (AvgIpc) is 2.98. The van der Waals surface area contributed by atoms with Crippen LogP contribution in [-0.2, 0) is 10.0 Å². The minimum absolute atomic E-state index is 0.126. The minimum atomic E-state index is -3.53. The van der Waals surface area contributed by atoms with Crippen molar-refractivity contribution < 1.29 is 8.42 Å². The van der Waals surface area contributed by atoms with Crippen molar-refractivity contribution in [2.75, 3.05) is 31.1 Å². The van der Waals surface area contributed by atoms with Crippen molar-refractivity contribution in [3.63, 3.8) is 0 Å². The Morgan fingerprint density at radius 2 is 1.71 bits per heavy atom. The fourth-order valence-electron chi connectivity index (χ4n) is 2.90. The molecule has 1 saturated heterocycles. The lowest BCUT2D eigenvalue weighted by Crippen LogP contribution is -2.49. The number of piperazine rings is 1. The lowest BCUT2D eigenvalue weighted by atomic mass is 10.4. The Labute approximate surface area is 142 Å². The van der Waals surface area contributed by atoms with Crippen LogP contribution in [0.5, 0.6) is 0 Å². The number of hydrogen-bond acceptors (Lipinski definition) is 6. The summed E-state index contributed by atoms with van der Waals surface area (Å²) in [5.41, 5.74) is 0.679. The summed E-state index contributed by atoms with van der Waals surface area (Å²) in [4.78, 5) is 10.7. The van der Waals surface area contributed by atoms with Crippen LogP contribution in [0.15, 0.2) is 29.6 Å². The Morgan fingerprint density at radius 3 is 2.25 bits per heavy atom. The van der Waals surface area contributed by atoms with Crippen molar-refractivity contribution in [2.24, 2.45) is 0 Å². The third-order valence-corrected chi connectivity index (χ3v) is 6.18. The van der Waals surface area contributed by atoms with Crippen LogP contribution in [-0.4, -0.2) is 58.7 Å². The van der Waals surface area contributed by atoms with E-state index >= 15 is 0 Å². The van der Waals surface area contributed by atoms with Gasteiger partial charge in [-0.15, -0.1) is 0 Å². The number of hydrogen-bond donors (Lipinski definition) is 0. The van der Waals surface area contributed by atoms with Crippen LogP contribution in [0.25, 0.3) is 0 Å². The standard InChI is InChI=1S/C15H22N6O2S/c1-12(2)21-13(3)14(11-18-21)24(22,23)20-9-7-19(8-10-20)15-16-5-4-6-17-15/h4-6,11-12H,7-10H2,1-3H3. The second kappa shape index (κ2) is 6.48. The van der Waals surface area contributed by atoms with Crippen LogP contribution in [0.1, 0.15) is 25.6 Å². The van der Waals surface area contributed by atoms with E-state index in [9.17, 15) is 8.42 Å². The molecule has 3 rings (SSSR count). The van der Waals surface area contributed by atoms with Gasteiger partial charge in [-0.2, -0.15) is 9.40 Å². The number of sulfonamides is 1. The molecule has 0 aliphatic carbocycles. The Balaban J connectivity index is 1.76. The van der Waals surface area contributed by atoms with Crippen LogP contribution in [0.4, 0.5) is 5.95 Å². The Bertz CT molecular complexity index is 795. The summed E-state index contributed by atoms with van der Waals surface area (Å²) >= 11 is 0. The van der Waals surface area contributed by atoms with Gasteiger partial charge in [0.25, 0.3) is 0 Å². The number of nitrogens with zero attached hydrogens (tertiary/aromatic N) is 6. The number of aromatic nitrogens is 4. The van der Waals surface area contributed by atoms with Gasteiger partial charge in [-0.25, -0.2) is 18.4 Å². The first-order chi connectivity index (χ1) is 11.4. The monoisotopic (exact) mass is 350 g/mol. The van der Waals surface area contributed by atoms with Gasteiger partial charge >= 0.3 is 0 Å².